The van der Waals surface area contributed by atoms with Crippen LogP contribution < -0.4 is 0 Å². The smallest absolute Gasteiger partial charge is 0.340 e. The lowest BCUT2D eigenvalue weighted by Gasteiger charge is -2.28. The lowest BCUT2D eigenvalue weighted by atomic mass is 10.00. The molecule has 25 heavy (non-hydrogen) atoms. The average Bonchev–Trinajstić information content (AvgIpc) is 2.62. The largest absolute Gasteiger partial charge is 0.452 e. The van der Waals surface area contributed by atoms with Crippen LogP contribution in [0.15, 0.2) is 36.4 Å². The number of carbonyl (C=O) groups excluding carboxylic acids is 2. The molecule has 0 N–H and O–H groups in total. The summed E-state index contributed by atoms with van der Waals surface area (Å²) in [5.74, 6) is -1.96. The second kappa shape index (κ2) is 7.42. The van der Waals surface area contributed by atoms with Crippen LogP contribution in [0, 0.1) is 5.82 Å². The minimum Gasteiger partial charge on any atom is -0.452 e. The second-order valence-corrected chi connectivity index (χ2v) is 6.47. The molecule has 2 aromatic carbocycles. The van der Waals surface area contributed by atoms with E-state index in [1.165, 1.54) is 5.56 Å². The lowest BCUT2D eigenvalue weighted by molar-refractivity contribution is -0.135. The zero-order valence-corrected chi connectivity index (χ0v) is 14.6. The first-order valence-corrected chi connectivity index (χ1v) is 8.37. The minimum atomic E-state index is -0.869. The predicted molar refractivity (Wildman–Crippen MR) is 92.3 cm³/mol. The van der Waals surface area contributed by atoms with Crippen LogP contribution >= 0.6 is 23.2 Å². The van der Waals surface area contributed by atoms with Crippen LogP contribution in [-0.4, -0.2) is 29.9 Å². The van der Waals surface area contributed by atoms with Gasteiger partial charge in [-0.3, -0.25) is 4.79 Å². The Labute approximate surface area is 154 Å². The third-order valence-corrected chi connectivity index (χ3v) is 4.64. The van der Waals surface area contributed by atoms with E-state index in [0.29, 0.717) is 13.1 Å². The highest BCUT2D eigenvalue weighted by molar-refractivity contribution is 6.36. The van der Waals surface area contributed by atoms with Crippen LogP contribution in [0.25, 0.3) is 0 Å². The number of esters is 1. The van der Waals surface area contributed by atoms with Crippen molar-refractivity contribution in [1.82, 2.24) is 4.90 Å². The van der Waals surface area contributed by atoms with Crippen LogP contribution in [0.1, 0.15) is 21.5 Å². The third-order valence-electron chi connectivity index (χ3n) is 4.04. The Balaban J connectivity index is 1.61. The van der Waals surface area contributed by atoms with Crippen molar-refractivity contribution < 1.29 is 18.7 Å². The van der Waals surface area contributed by atoms with Gasteiger partial charge in [0.15, 0.2) is 6.61 Å². The summed E-state index contributed by atoms with van der Waals surface area (Å²) in [6, 6.07) is 9.91. The minimum absolute atomic E-state index is 0.0317. The fourth-order valence-electron chi connectivity index (χ4n) is 2.68. The van der Waals surface area contributed by atoms with Crippen LogP contribution in [0.3, 0.4) is 0 Å². The molecule has 0 aromatic heterocycles. The molecule has 1 amide bonds. The van der Waals surface area contributed by atoms with Gasteiger partial charge in [0.1, 0.15) is 5.82 Å². The predicted octanol–water partition coefficient (Wildman–Crippen LogP) is 3.87. The second-order valence-electron chi connectivity index (χ2n) is 5.66. The molecular formula is C18H14Cl2FNO3. The van der Waals surface area contributed by atoms with Gasteiger partial charge in [0, 0.05) is 13.1 Å². The van der Waals surface area contributed by atoms with E-state index in [0.717, 1.165) is 24.1 Å². The van der Waals surface area contributed by atoms with Crippen LogP contribution in [0.5, 0.6) is 0 Å². The molecule has 0 radical (unpaired) electrons. The number of hydrogen-bond donors (Lipinski definition) is 0. The summed E-state index contributed by atoms with van der Waals surface area (Å²) in [4.78, 5) is 25.9. The maximum atomic E-state index is 13.5. The molecule has 0 aliphatic carbocycles. The van der Waals surface area contributed by atoms with Gasteiger partial charge in [-0.1, -0.05) is 47.5 Å². The molecule has 0 unspecified atom stereocenters. The molecule has 1 heterocycles. The van der Waals surface area contributed by atoms with Crippen molar-refractivity contribution in [1.29, 1.82) is 0 Å². The molecule has 2 aromatic rings. The number of rotatable bonds is 3. The first-order chi connectivity index (χ1) is 12.0. The van der Waals surface area contributed by atoms with Crippen molar-refractivity contribution in [2.24, 2.45) is 0 Å². The van der Waals surface area contributed by atoms with Gasteiger partial charge in [0.05, 0.1) is 15.6 Å². The quantitative estimate of drug-likeness (QED) is 0.598. The molecule has 1 aliphatic rings. The van der Waals surface area contributed by atoms with Crippen LogP contribution in [0.2, 0.25) is 10.0 Å². The van der Waals surface area contributed by atoms with Crippen molar-refractivity contribution in [2.75, 3.05) is 13.2 Å². The molecular weight excluding hydrogens is 368 g/mol. The van der Waals surface area contributed by atoms with E-state index in [-0.39, 0.29) is 21.5 Å². The van der Waals surface area contributed by atoms with Crippen molar-refractivity contribution in [2.45, 2.75) is 13.0 Å². The number of benzene rings is 2. The topological polar surface area (TPSA) is 46.6 Å². The number of ether oxygens (including phenoxy) is 1. The molecule has 0 saturated heterocycles. The van der Waals surface area contributed by atoms with Crippen LogP contribution in [-0.2, 0) is 22.5 Å². The van der Waals surface area contributed by atoms with E-state index in [2.05, 4.69) is 0 Å². The lowest BCUT2D eigenvalue weighted by Crippen LogP contribution is -2.38. The number of amides is 1. The normalized spacial score (nSPS) is 13.3. The highest BCUT2D eigenvalue weighted by Gasteiger charge is 2.22. The monoisotopic (exact) mass is 381 g/mol. The van der Waals surface area contributed by atoms with Gasteiger partial charge >= 0.3 is 5.97 Å². The highest BCUT2D eigenvalue weighted by atomic mass is 35.5. The van der Waals surface area contributed by atoms with E-state index in [1.807, 2.05) is 24.3 Å². The molecule has 0 fully saturated rings. The summed E-state index contributed by atoms with van der Waals surface area (Å²) in [5.41, 5.74) is 2.13. The molecule has 0 bridgehead atoms. The SMILES string of the molecule is O=C(OCC(=O)N1CCc2ccccc2C1)c1cc(F)c(Cl)cc1Cl. The van der Waals surface area contributed by atoms with Crippen LogP contribution in [0.4, 0.5) is 4.39 Å². The maximum absolute atomic E-state index is 13.5. The summed E-state index contributed by atoms with van der Waals surface area (Å²) in [6.45, 7) is 0.605. The van der Waals surface area contributed by atoms with E-state index in [1.54, 1.807) is 4.90 Å². The summed E-state index contributed by atoms with van der Waals surface area (Å²) in [7, 11) is 0. The van der Waals surface area contributed by atoms with Gasteiger partial charge in [0.2, 0.25) is 0 Å². The Morgan fingerprint density at radius 2 is 1.84 bits per heavy atom. The Morgan fingerprint density at radius 1 is 1.12 bits per heavy atom. The van der Waals surface area contributed by atoms with Crippen molar-refractivity contribution in [3.8, 4) is 0 Å². The number of halogens is 3. The molecule has 0 saturated carbocycles. The molecule has 0 spiro atoms. The molecule has 0 atom stereocenters. The fraction of sp³-hybridized carbons (Fsp3) is 0.222. The van der Waals surface area contributed by atoms with Gasteiger partial charge in [-0.25, -0.2) is 9.18 Å². The highest BCUT2D eigenvalue weighted by Crippen LogP contribution is 2.25. The van der Waals surface area contributed by atoms with E-state index in [4.69, 9.17) is 27.9 Å². The molecule has 4 nitrogen and oxygen atoms in total. The first-order valence-electron chi connectivity index (χ1n) is 7.62. The Hall–Kier alpha value is -2.11. The molecule has 130 valence electrons. The molecule has 1 aliphatic heterocycles. The zero-order valence-electron chi connectivity index (χ0n) is 13.1. The Bertz CT molecular complexity index is 841. The van der Waals surface area contributed by atoms with Gasteiger partial charge in [-0.2, -0.15) is 0 Å². The van der Waals surface area contributed by atoms with Crippen molar-refractivity contribution in [3.63, 3.8) is 0 Å². The number of nitrogens with zero attached hydrogens (tertiary/aromatic N) is 1. The maximum Gasteiger partial charge on any atom is 0.340 e. The summed E-state index contributed by atoms with van der Waals surface area (Å²) >= 11 is 11.5. The number of hydrogen-bond acceptors (Lipinski definition) is 3. The zero-order chi connectivity index (χ0) is 18.0. The Morgan fingerprint density at radius 3 is 2.60 bits per heavy atom. The first kappa shape index (κ1) is 17.7. The van der Waals surface area contributed by atoms with E-state index >= 15 is 0 Å². The third kappa shape index (κ3) is 3.94. The molecule has 3 rings (SSSR count). The van der Waals surface area contributed by atoms with E-state index < -0.39 is 18.4 Å². The Kier molecular flexibility index (Phi) is 5.25. The molecule has 7 heteroatoms. The number of fused-ring (bicyclic) bond motifs is 1. The standard InChI is InChI=1S/C18H14Cl2FNO3/c19-14-8-15(20)16(21)7-13(14)18(24)25-10-17(23)22-6-5-11-3-1-2-4-12(11)9-22/h1-4,7-8H,5-6,9-10H2. The van der Waals surface area contributed by atoms with Gasteiger partial charge in [-0.15, -0.1) is 0 Å². The average molecular weight is 382 g/mol. The number of carbonyl (C=O) groups is 2. The fourth-order valence-corrected chi connectivity index (χ4v) is 3.14. The van der Waals surface area contributed by atoms with Crippen molar-refractivity contribution >= 4 is 35.1 Å². The van der Waals surface area contributed by atoms with Gasteiger partial charge in [0.25, 0.3) is 5.91 Å². The van der Waals surface area contributed by atoms with Gasteiger partial charge in [-0.05, 0) is 29.7 Å². The summed E-state index contributed by atoms with van der Waals surface area (Å²) < 4.78 is 18.5. The van der Waals surface area contributed by atoms with Gasteiger partial charge < -0.3 is 9.64 Å². The summed E-state index contributed by atoms with van der Waals surface area (Å²) in [5, 5.41) is -0.222. The van der Waals surface area contributed by atoms with E-state index in [9.17, 15) is 14.0 Å². The van der Waals surface area contributed by atoms with Crippen molar-refractivity contribution in [3.05, 3.63) is 69.0 Å². The summed E-state index contributed by atoms with van der Waals surface area (Å²) in [6.07, 6.45) is 0.754.